The maximum atomic E-state index is 12.7. The summed E-state index contributed by atoms with van der Waals surface area (Å²) in [6, 6.07) is 6.07. The fourth-order valence-corrected chi connectivity index (χ4v) is 2.17. The third kappa shape index (κ3) is 4.04. The number of alkyl halides is 3. The minimum absolute atomic E-state index is 0.116. The molecular formula is C13H7Br2F3N2O. The Morgan fingerprint density at radius 2 is 1.86 bits per heavy atom. The number of amides is 1. The van der Waals surface area contributed by atoms with Crippen LogP contribution in [0.15, 0.2) is 45.5 Å². The highest BCUT2D eigenvalue weighted by atomic mass is 79.9. The van der Waals surface area contributed by atoms with Crippen molar-refractivity contribution < 1.29 is 18.0 Å². The fourth-order valence-electron chi connectivity index (χ4n) is 1.51. The molecule has 0 spiro atoms. The number of halogens is 5. The fraction of sp³-hybridized carbons (Fsp3) is 0.0769. The van der Waals surface area contributed by atoms with Crippen LogP contribution in [0, 0.1) is 0 Å². The van der Waals surface area contributed by atoms with Gasteiger partial charge >= 0.3 is 6.18 Å². The van der Waals surface area contributed by atoms with Crippen molar-refractivity contribution in [2.24, 2.45) is 0 Å². The number of hydrogen-bond acceptors (Lipinski definition) is 2. The molecule has 21 heavy (non-hydrogen) atoms. The number of carbonyl (C=O) groups excluding carboxylic acids is 1. The molecular weight excluding hydrogens is 417 g/mol. The quantitative estimate of drug-likeness (QED) is 0.748. The van der Waals surface area contributed by atoms with Crippen molar-refractivity contribution in [1.82, 2.24) is 4.98 Å². The lowest BCUT2D eigenvalue weighted by Crippen LogP contribution is -2.15. The van der Waals surface area contributed by atoms with E-state index in [0.29, 0.717) is 0 Å². The van der Waals surface area contributed by atoms with Crippen molar-refractivity contribution in [1.29, 1.82) is 0 Å². The molecule has 0 aliphatic carbocycles. The molecule has 110 valence electrons. The first-order valence-corrected chi connectivity index (χ1v) is 7.15. The molecule has 1 heterocycles. The first-order valence-electron chi connectivity index (χ1n) is 5.57. The van der Waals surface area contributed by atoms with Crippen molar-refractivity contribution in [2.75, 3.05) is 5.32 Å². The van der Waals surface area contributed by atoms with Crippen LogP contribution < -0.4 is 5.32 Å². The average molecular weight is 424 g/mol. The van der Waals surface area contributed by atoms with Gasteiger partial charge in [0.25, 0.3) is 5.91 Å². The molecule has 1 amide bonds. The number of carbonyl (C=O) groups is 1. The van der Waals surface area contributed by atoms with Crippen LogP contribution in [0.3, 0.4) is 0 Å². The van der Waals surface area contributed by atoms with E-state index >= 15 is 0 Å². The van der Waals surface area contributed by atoms with Gasteiger partial charge in [-0.15, -0.1) is 0 Å². The molecule has 0 radical (unpaired) electrons. The number of hydrogen-bond donors (Lipinski definition) is 1. The van der Waals surface area contributed by atoms with E-state index in [1.807, 2.05) is 0 Å². The number of nitrogens with one attached hydrogen (secondary N) is 1. The maximum absolute atomic E-state index is 12.7. The second-order valence-electron chi connectivity index (χ2n) is 4.01. The van der Waals surface area contributed by atoms with Gasteiger partial charge in [-0.3, -0.25) is 4.79 Å². The third-order valence-electron chi connectivity index (χ3n) is 2.51. The molecule has 1 aromatic heterocycles. The van der Waals surface area contributed by atoms with Gasteiger partial charge in [-0.1, -0.05) is 0 Å². The van der Waals surface area contributed by atoms with Crippen molar-refractivity contribution in [2.45, 2.75) is 6.18 Å². The minimum Gasteiger partial charge on any atom is -0.307 e. The molecule has 0 bridgehead atoms. The Labute approximate surface area is 134 Å². The molecule has 0 unspecified atom stereocenters. The summed E-state index contributed by atoms with van der Waals surface area (Å²) in [4.78, 5) is 16.0. The highest BCUT2D eigenvalue weighted by Crippen LogP contribution is 2.32. The van der Waals surface area contributed by atoms with Gasteiger partial charge in [-0.25, -0.2) is 4.98 Å². The zero-order valence-electron chi connectivity index (χ0n) is 10.2. The first-order chi connectivity index (χ1) is 9.77. The smallest absolute Gasteiger partial charge is 0.307 e. The number of nitrogens with zero attached hydrogens (tertiary/aromatic N) is 1. The molecule has 8 heteroatoms. The molecule has 0 saturated carbocycles. The molecule has 3 nitrogen and oxygen atoms in total. The molecule has 0 saturated heterocycles. The van der Waals surface area contributed by atoms with E-state index in [4.69, 9.17) is 0 Å². The summed E-state index contributed by atoms with van der Waals surface area (Å²) in [5.74, 6) is -0.435. The van der Waals surface area contributed by atoms with Crippen LogP contribution in [-0.2, 0) is 6.18 Å². The van der Waals surface area contributed by atoms with Crippen LogP contribution in [0.4, 0.5) is 19.0 Å². The lowest BCUT2D eigenvalue weighted by Gasteiger charge is -2.10. The monoisotopic (exact) mass is 422 g/mol. The van der Waals surface area contributed by atoms with Crippen molar-refractivity contribution in [3.63, 3.8) is 0 Å². The van der Waals surface area contributed by atoms with Crippen LogP contribution >= 0.6 is 31.9 Å². The van der Waals surface area contributed by atoms with E-state index in [0.717, 1.165) is 16.6 Å². The minimum atomic E-state index is -4.51. The predicted molar refractivity (Wildman–Crippen MR) is 79.0 cm³/mol. The van der Waals surface area contributed by atoms with Crippen LogP contribution in [-0.4, -0.2) is 10.9 Å². The van der Waals surface area contributed by atoms with E-state index in [-0.39, 0.29) is 15.9 Å². The number of pyridine rings is 1. The summed E-state index contributed by atoms with van der Waals surface area (Å²) in [7, 11) is 0. The summed E-state index contributed by atoms with van der Waals surface area (Å²) in [5.41, 5.74) is -1.01. The van der Waals surface area contributed by atoms with Gasteiger partial charge in [0.15, 0.2) is 0 Å². The van der Waals surface area contributed by atoms with Crippen molar-refractivity contribution >= 4 is 43.6 Å². The van der Waals surface area contributed by atoms with Gasteiger partial charge in [-0.2, -0.15) is 13.2 Å². The molecule has 1 N–H and O–H groups in total. The summed E-state index contributed by atoms with van der Waals surface area (Å²) in [6.07, 6.45) is -3.04. The van der Waals surface area contributed by atoms with Gasteiger partial charge < -0.3 is 5.32 Å². The van der Waals surface area contributed by atoms with Gasteiger partial charge in [0.05, 0.1) is 11.1 Å². The van der Waals surface area contributed by atoms with Crippen LogP contribution in [0.2, 0.25) is 0 Å². The van der Waals surface area contributed by atoms with Crippen LogP contribution in [0.1, 0.15) is 15.9 Å². The largest absolute Gasteiger partial charge is 0.416 e. The summed E-state index contributed by atoms with van der Waals surface area (Å²) < 4.78 is 39.0. The van der Waals surface area contributed by atoms with E-state index in [2.05, 4.69) is 42.2 Å². The standard InChI is InChI=1S/C13H7Br2F3N2O/c14-8-2-4-11(19-6-8)20-12(21)9-5-7(13(16,17)18)1-3-10(9)15/h1-6H,(H,19,20,21). The Morgan fingerprint density at radius 3 is 2.43 bits per heavy atom. The predicted octanol–water partition coefficient (Wildman–Crippen LogP) is 4.88. The van der Waals surface area contributed by atoms with E-state index in [9.17, 15) is 18.0 Å². The number of benzene rings is 1. The van der Waals surface area contributed by atoms with Gasteiger partial charge in [0.2, 0.25) is 0 Å². The summed E-state index contributed by atoms with van der Waals surface area (Å²) in [5, 5.41) is 2.44. The molecule has 2 aromatic rings. The number of aromatic nitrogens is 1. The van der Waals surface area contributed by atoms with Crippen molar-refractivity contribution in [3.8, 4) is 0 Å². The zero-order chi connectivity index (χ0) is 15.6. The summed E-state index contributed by atoms with van der Waals surface area (Å²) in [6.45, 7) is 0. The third-order valence-corrected chi connectivity index (χ3v) is 3.67. The van der Waals surface area contributed by atoms with Gasteiger partial charge in [0, 0.05) is 15.1 Å². The Morgan fingerprint density at radius 1 is 1.14 bits per heavy atom. The van der Waals surface area contributed by atoms with Gasteiger partial charge in [0.1, 0.15) is 5.82 Å². The molecule has 0 fully saturated rings. The topological polar surface area (TPSA) is 42.0 Å². The second-order valence-corrected chi connectivity index (χ2v) is 5.78. The van der Waals surface area contributed by atoms with Gasteiger partial charge in [-0.05, 0) is 62.2 Å². The van der Waals surface area contributed by atoms with Crippen LogP contribution in [0.25, 0.3) is 0 Å². The second kappa shape index (κ2) is 6.15. The number of anilines is 1. The lowest BCUT2D eigenvalue weighted by molar-refractivity contribution is -0.137. The molecule has 2 rings (SSSR count). The molecule has 0 atom stereocenters. The molecule has 0 aliphatic heterocycles. The lowest BCUT2D eigenvalue weighted by atomic mass is 10.1. The zero-order valence-corrected chi connectivity index (χ0v) is 13.4. The average Bonchev–Trinajstić information content (AvgIpc) is 2.40. The summed E-state index contributed by atoms with van der Waals surface area (Å²) >= 11 is 6.26. The molecule has 1 aromatic carbocycles. The van der Waals surface area contributed by atoms with Crippen LogP contribution in [0.5, 0.6) is 0 Å². The first kappa shape index (κ1) is 16.0. The van der Waals surface area contributed by atoms with E-state index < -0.39 is 17.6 Å². The SMILES string of the molecule is O=C(Nc1ccc(Br)cn1)c1cc(C(F)(F)F)ccc1Br. The number of rotatable bonds is 2. The Bertz CT molecular complexity index is 672. The van der Waals surface area contributed by atoms with E-state index in [1.165, 1.54) is 18.3 Å². The normalized spacial score (nSPS) is 11.3. The van der Waals surface area contributed by atoms with E-state index in [1.54, 1.807) is 6.07 Å². The Kier molecular flexibility index (Phi) is 4.67. The highest BCUT2D eigenvalue weighted by Gasteiger charge is 2.31. The highest BCUT2D eigenvalue weighted by molar-refractivity contribution is 9.10. The Balaban J connectivity index is 2.28. The Hall–Kier alpha value is -1.41. The molecule has 0 aliphatic rings. The maximum Gasteiger partial charge on any atom is 0.416 e. The van der Waals surface area contributed by atoms with Crippen molar-refractivity contribution in [3.05, 3.63) is 56.6 Å².